The molecule has 3 rings (SSSR count). The number of nitrogens with one attached hydrogen (secondary N) is 1. The lowest BCUT2D eigenvalue weighted by Gasteiger charge is -2.27. The van der Waals surface area contributed by atoms with Gasteiger partial charge in [0.1, 0.15) is 11.5 Å². The summed E-state index contributed by atoms with van der Waals surface area (Å²) in [7, 11) is -0.782. The fourth-order valence-corrected chi connectivity index (χ4v) is 5.38. The van der Waals surface area contributed by atoms with Gasteiger partial charge in [-0.3, -0.25) is 4.79 Å². The lowest BCUT2D eigenvalue weighted by atomic mass is 10.0. The minimum atomic E-state index is -3.87. The fourth-order valence-electron chi connectivity index (χ4n) is 4.05. The van der Waals surface area contributed by atoms with Gasteiger partial charge >= 0.3 is 0 Å². The summed E-state index contributed by atoms with van der Waals surface area (Å²) < 4.78 is 39.9. The van der Waals surface area contributed by atoms with Gasteiger partial charge in [-0.15, -0.1) is 0 Å². The van der Waals surface area contributed by atoms with Crippen molar-refractivity contribution in [2.75, 3.05) is 27.3 Å². The van der Waals surface area contributed by atoms with Crippen molar-refractivity contribution in [3.8, 4) is 11.5 Å². The summed E-state index contributed by atoms with van der Waals surface area (Å²) in [4.78, 5) is 14.9. The van der Waals surface area contributed by atoms with Crippen LogP contribution in [0.1, 0.15) is 60.1 Å². The van der Waals surface area contributed by atoms with E-state index in [1.54, 1.807) is 18.1 Å². The van der Waals surface area contributed by atoms with Crippen LogP contribution in [0, 0.1) is 6.92 Å². The number of carbonyl (C=O) groups is 1. The molecule has 0 unspecified atom stereocenters. The average Bonchev–Trinajstić information content (AvgIpc) is 2.82. The smallest absolute Gasteiger partial charge is 0.257 e. The zero-order valence-electron chi connectivity index (χ0n) is 19.2. The zero-order valence-corrected chi connectivity index (χ0v) is 20.0. The number of likely N-dealkylation sites (tertiary alicyclic amines) is 1. The van der Waals surface area contributed by atoms with E-state index in [0.717, 1.165) is 36.1 Å². The Bertz CT molecular complexity index is 1060. The Kier molecular flexibility index (Phi) is 7.79. The quantitative estimate of drug-likeness (QED) is 0.642. The van der Waals surface area contributed by atoms with Gasteiger partial charge in [0.2, 0.25) is 10.0 Å². The maximum absolute atomic E-state index is 13.2. The number of aryl methyl sites for hydroxylation is 1. The Hall–Kier alpha value is -2.58. The summed E-state index contributed by atoms with van der Waals surface area (Å²) in [5, 5.41) is 0. The largest absolute Gasteiger partial charge is 0.496 e. The van der Waals surface area contributed by atoms with Crippen LogP contribution in [0.2, 0.25) is 0 Å². The fraction of sp³-hybridized carbons (Fsp3) is 0.458. The van der Waals surface area contributed by atoms with E-state index in [9.17, 15) is 13.2 Å². The maximum atomic E-state index is 13.2. The number of benzene rings is 2. The molecule has 0 spiro atoms. The number of piperidine rings is 1. The van der Waals surface area contributed by atoms with E-state index in [0.29, 0.717) is 25.3 Å². The Labute approximate surface area is 190 Å². The van der Waals surface area contributed by atoms with E-state index in [-0.39, 0.29) is 16.4 Å². The Morgan fingerprint density at radius 3 is 2.28 bits per heavy atom. The van der Waals surface area contributed by atoms with Gasteiger partial charge in [0, 0.05) is 19.1 Å². The molecule has 0 aromatic heterocycles. The van der Waals surface area contributed by atoms with Crippen LogP contribution < -0.4 is 14.2 Å². The molecule has 1 amide bonds. The molecule has 1 aliphatic rings. The number of ether oxygens (including phenoxy) is 2. The molecule has 7 nitrogen and oxygen atoms in total. The Balaban J connectivity index is 1.90. The first-order valence-corrected chi connectivity index (χ1v) is 12.4. The number of nitrogens with zero attached hydrogens (tertiary/aromatic N) is 1. The van der Waals surface area contributed by atoms with Crippen LogP contribution in [0.5, 0.6) is 11.5 Å². The van der Waals surface area contributed by atoms with Crippen molar-refractivity contribution >= 4 is 15.9 Å². The molecule has 0 saturated carbocycles. The monoisotopic (exact) mass is 460 g/mol. The van der Waals surface area contributed by atoms with Gasteiger partial charge in [-0.05, 0) is 68.0 Å². The number of amides is 1. The molecule has 0 radical (unpaired) electrons. The van der Waals surface area contributed by atoms with E-state index >= 15 is 0 Å². The Morgan fingerprint density at radius 2 is 1.69 bits per heavy atom. The minimum absolute atomic E-state index is 0.0438. The molecule has 1 saturated heterocycles. The van der Waals surface area contributed by atoms with Gasteiger partial charge < -0.3 is 14.4 Å². The van der Waals surface area contributed by atoms with Gasteiger partial charge in [-0.1, -0.05) is 19.1 Å². The highest BCUT2D eigenvalue weighted by Gasteiger charge is 2.26. The Morgan fingerprint density at radius 1 is 1.03 bits per heavy atom. The molecule has 32 heavy (non-hydrogen) atoms. The predicted octanol–water partition coefficient (Wildman–Crippen LogP) is 4.07. The maximum Gasteiger partial charge on any atom is 0.257 e. The van der Waals surface area contributed by atoms with E-state index < -0.39 is 16.1 Å². The van der Waals surface area contributed by atoms with E-state index in [2.05, 4.69) is 4.72 Å². The van der Waals surface area contributed by atoms with Gasteiger partial charge in [0.25, 0.3) is 5.91 Å². The van der Waals surface area contributed by atoms with Crippen molar-refractivity contribution in [2.45, 2.75) is 50.5 Å². The van der Waals surface area contributed by atoms with Crippen LogP contribution in [0.3, 0.4) is 0 Å². The van der Waals surface area contributed by atoms with Crippen LogP contribution in [0.4, 0.5) is 0 Å². The molecular weight excluding hydrogens is 428 g/mol. The summed E-state index contributed by atoms with van der Waals surface area (Å²) in [6.45, 7) is 5.19. The van der Waals surface area contributed by atoms with Crippen LogP contribution in [-0.4, -0.2) is 46.5 Å². The number of carbonyl (C=O) groups excluding carboxylic acids is 1. The number of sulfonamides is 1. The topological polar surface area (TPSA) is 84.9 Å². The second kappa shape index (κ2) is 10.4. The van der Waals surface area contributed by atoms with Crippen LogP contribution in [-0.2, 0) is 10.0 Å². The summed E-state index contributed by atoms with van der Waals surface area (Å²) >= 11 is 0. The molecule has 1 N–H and O–H groups in total. The van der Waals surface area contributed by atoms with Gasteiger partial charge in [-0.2, -0.15) is 0 Å². The van der Waals surface area contributed by atoms with Crippen LogP contribution in [0.15, 0.2) is 41.3 Å². The van der Waals surface area contributed by atoms with Crippen molar-refractivity contribution in [3.63, 3.8) is 0 Å². The third-order valence-corrected chi connectivity index (χ3v) is 7.35. The SMILES string of the molecule is CC[C@@H](NS(=O)(=O)c1ccc(OC)c(C(=O)N2CCCCC2)c1)c1ccc(OC)c(C)c1. The van der Waals surface area contributed by atoms with Crippen LogP contribution in [0.25, 0.3) is 0 Å². The number of methoxy groups -OCH3 is 2. The molecule has 1 atom stereocenters. The molecule has 1 heterocycles. The predicted molar refractivity (Wildman–Crippen MR) is 124 cm³/mol. The number of hydrogen-bond donors (Lipinski definition) is 1. The lowest BCUT2D eigenvalue weighted by Crippen LogP contribution is -2.36. The first kappa shape index (κ1) is 24.1. The molecule has 1 fully saturated rings. The molecule has 0 aliphatic carbocycles. The van der Waals surface area contributed by atoms with Crippen LogP contribution >= 0.6 is 0 Å². The second-order valence-corrected chi connectivity index (χ2v) is 9.74. The van der Waals surface area contributed by atoms with Crippen molar-refractivity contribution in [1.29, 1.82) is 0 Å². The van der Waals surface area contributed by atoms with Gasteiger partial charge in [-0.25, -0.2) is 13.1 Å². The molecule has 2 aromatic carbocycles. The molecule has 2 aromatic rings. The van der Waals surface area contributed by atoms with Crippen molar-refractivity contribution in [3.05, 3.63) is 53.1 Å². The first-order chi connectivity index (χ1) is 15.3. The molecule has 8 heteroatoms. The van der Waals surface area contributed by atoms with Crippen molar-refractivity contribution < 1.29 is 22.7 Å². The average molecular weight is 461 g/mol. The highest BCUT2D eigenvalue weighted by atomic mass is 32.2. The van der Waals surface area contributed by atoms with E-state index in [4.69, 9.17) is 9.47 Å². The third-order valence-electron chi connectivity index (χ3n) is 5.88. The zero-order chi connectivity index (χ0) is 23.3. The number of hydrogen-bond acceptors (Lipinski definition) is 5. The summed E-state index contributed by atoms with van der Waals surface area (Å²) in [5.74, 6) is 0.927. The van der Waals surface area contributed by atoms with Crippen molar-refractivity contribution in [2.24, 2.45) is 0 Å². The molecule has 1 aliphatic heterocycles. The van der Waals surface area contributed by atoms with E-state index in [1.165, 1.54) is 19.2 Å². The first-order valence-electron chi connectivity index (χ1n) is 10.9. The van der Waals surface area contributed by atoms with E-state index in [1.807, 2.05) is 32.0 Å². The lowest BCUT2D eigenvalue weighted by molar-refractivity contribution is 0.0720. The van der Waals surface area contributed by atoms with Gasteiger partial charge in [0.05, 0.1) is 24.7 Å². The highest BCUT2D eigenvalue weighted by Crippen LogP contribution is 2.28. The standard InChI is InChI=1S/C24H32N2O5S/c1-5-21(18-9-11-22(30-3)17(2)15-18)25-32(28,29)19-10-12-23(31-4)20(16-19)24(27)26-13-7-6-8-14-26/h9-12,15-16,21,25H,5-8,13-14H2,1-4H3/t21-/m1/s1. The highest BCUT2D eigenvalue weighted by molar-refractivity contribution is 7.89. The summed E-state index contributed by atoms with van der Waals surface area (Å²) in [5.41, 5.74) is 2.06. The summed E-state index contributed by atoms with van der Waals surface area (Å²) in [6, 6.07) is 9.66. The number of rotatable bonds is 8. The normalized spacial score (nSPS) is 15.3. The third kappa shape index (κ3) is 5.24. The molecule has 0 bridgehead atoms. The van der Waals surface area contributed by atoms with Gasteiger partial charge in [0.15, 0.2) is 0 Å². The van der Waals surface area contributed by atoms with Crippen molar-refractivity contribution in [1.82, 2.24) is 9.62 Å². The summed E-state index contributed by atoms with van der Waals surface area (Å²) in [6.07, 6.45) is 3.57. The molecule has 174 valence electrons. The molecular formula is C24H32N2O5S. The second-order valence-electron chi connectivity index (χ2n) is 8.03. The minimum Gasteiger partial charge on any atom is -0.496 e.